The molecule has 2 N–H and O–H groups in total. The second-order valence-electron chi connectivity index (χ2n) is 1.77. The molecule has 54 valence electrons. The number of rotatable bonds is 1. The second kappa shape index (κ2) is 2.83. The van der Waals surface area contributed by atoms with E-state index in [4.69, 9.17) is 5.73 Å². The lowest BCUT2D eigenvalue weighted by molar-refractivity contribution is 0.823. The van der Waals surface area contributed by atoms with Crippen LogP contribution in [0.4, 0.5) is 5.82 Å². The molecule has 0 amide bonds. The van der Waals surface area contributed by atoms with E-state index < -0.39 is 0 Å². The molecule has 0 aliphatic carbocycles. The zero-order chi connectivity index (χ0) is 7.56. The molecule has 0 atom stereocenters. The van der Waals surface area contributed by atoms with E-state index in [1.807, 2.05) is 6.26 Å². The van der Waals surface area contributed by atoms with Crippen LogP contribution in [0.5, 0.6) is 0 Å². The number of thioether (sulfide) groups is 1. The van der Waals surface area contributed by atoms with Crippen LogP contribution >= 0.6 is 11.8 Å². The quantitative estimate of drug-likeness (QED) is 0.599. The molecule has 1 aromatic heterocycles. The minimum absolute atomic E-state index is 0.458. The Morgan fingerprint density at radius 3 is 2.60 bits per heavy atom. The lowest BCUT2D eigenvalue weighted by Gasteiger charge is -1.96. The zero-order valence-corrected chi connectivity index (χ0v) is 6.64. The molecule has 0 unspecified atom stereocenters. The van der Waals surface area contributed by atoms with E-state index in [2.05, 4.69) is 15.2 Å². The molecule has 0 saturated heterocycles. The minimum Gasteiger partial charge on any atom is -0.382 e. The van der Waals surface area contributed by atoms with Crippen molar-refractivity contribution in [3.63, 3.8) is 0 Å². The third kappa shape index (κ3) is 1.36. The first-order valence-electron chi connectivity index (χ1n) is 2.75. The Bertz CT molecular complexity index is 237. The maximum Gasteiger partial charge on any atom is 0.210 e. The van der Waals surface area contributed by atoms with Crippen LogP contribution in [0.1, 0.15) is 5.69 Å². The molecule has 1 rings (SSSR count). The first-order chi connectivity index (χ1) is 4.74. The van der Waals surface area contributed by atoms with Gasteiger partial charge >= 0.3 is 0 Å². The molecular weight excluding hydrogens is 148 g/mol. The molecule has 0 spiro atoms. The van der Waals surface area contributed by atoms with Gasteiger partial charge in [-0.25, -0.2) is 4.98 Å². The van der Waals surface area contributed by atoms with Crippen molar-refractivity contribution in [3.8, 4) is 0 Å². The van der Waals surface area contributed by atoms with Crippen LogP contribution in [0.15, 0.2) is 5.16 Å². The monoisotopic (exact) mass is 156 g/mol. The third-order valence-electron chi connectivity index (χ3n) is 1.05. The summed E-state index contributed by atoms with van der Waals surface area (Å²) in [6, 6.07) is 0. The molecule has 4 nitrogen and oxygen atoms in total. The van der Waals surface area contributed by atoms with Gasteiger partial charge in [0.25, 0.3) is 0 Å². The van der Waals surface area contributed by atoms with Gasteiger partial charge in [-0.1, -0.05) is 11.8 Å². The second-order valence-corrected chi connectivity index (χ2v) is 2.54. The van der Waals surface area contributed by atoms with Crippen LogP contribution in [0.25, 0.3) is 0 Å². The van der Waals surface area contributed by atoms with Crippen molar-refractivity contribution in [2.24, 2.45) is 0 Å². The number of hydrogen-bond acceptors (Lipinski definition) is 5. The zero-order valence-electron chi connectivity index (χ0n) is 5.83. The van der Waals surface area contributed by atoms with Gasteiger partial charge in [0, 0.05) is 0 Å². The van der Waals surface area contributed by atoms with Crippen LogP contribution < -0.4 is 5.73 Å². The van der Waals surface area contributed by atoms with Gasteiger partial charge in [-0.3, -0.25) is 0 Å². The Kier molecular flexibility index (Phi) is 2.06. The van der Waals surface area contributed by atoms with Crippen LogP contribution in [0, 0.1) is 6.92 Å². The molecule has 0 aromatic carbocycles. The van der Waals surface area contributed by atoms with E-state index in [0.717, 1.165) is 0 Å². The largest absolute Gasteiger partial charge is 0.382 e. The van der Waals surface area contributed by atoms with Crippen molar-refractivity contribution in [2.75, 3.05) is 12.0 Å². The summed E-state index contributed by atoms with van der Waals surface area (Å²) in [5.41, 5.74) is 6.15. The number of nitrogen functional groups attached to an aromatic ring is 1. The summed E-state index contributed by atoms with van der Waals surface area (Å²) in [4.78, 5) is 3.96. The maximum atomic E-state index is 5.47. The fourth-order valence-electron chi connectivity index (χ4n) is 0.462. The molecule has 0 fully saturated rings. The van der Waals surface area contributed by atoms with Crippen molar-refractivity contribution >= 4 is 17.6 Å². The fraction of sp³-hybridized carbons (Fsp3) is 0.400. The van der Waals surface area contributed by atoms with Crippen molar-refractivity contribution in [2.45, 2.75) is 12.1 Å². The van der Waals surface area contributed by atoms with E-state index in [0.29, 0.717) is 16.7 Å². The van der Waals surface area contributed by atoms with Crippen LogP contribution in [0.3, 0.4) is 0 Å². The van der Waals surface area contributed by atoms with Gasteiger partial charge in [0.2, 0.25) is 5.16 Å². The average molecular weight is 156 g/mol. The lowest BCUT2D eigenvalue weighted by atomic mass is 10.5. The van der Waals surface area contributed by atoms with Gasteiger partial charge in [0.1, 0.15) is 11.5 Å². The van der Waals surface area contributed by atoms with E-state index in [9.17, 15) is 0 Å². The predicted octanol–water partition coefficient (Wildman–Crippen LogP) is 0.484. The summed E-state index contributed by atoms with van der Waals surface area (Å²) >= 11 is 1.43. The standard InChI is InChI=1S/C5H8N4S/c1-3-4(6)7-5(10-2)9-8-3/h1-2H3,(H2,6,7,9). The Morgan fingerprint density at radius 1 is 1.40 bits per heavy atom. The topological polar surface area (TPSA) is 64.7 Å². The number of aromatic nitrogens is 3. The fourth-order valence-corrected chi connectivity index (χ4v) is 0.774. The molecule has 1 heterocycles. The number of aryl methyl sites for hydroxylation is 1. The van der Waals surface area contributed by atoms with Gasteiger partial charge in [0.15, 0.2) is 0 Å². The van der Waals surface area contributed by atoms with Crippen LogP contribution in [-0.2, 0) is 0 Å². The van der Waals surface area contributed by atoms with E-state index >= 15 is 0 Å². The molecule has 0 bridgehead atoms. The van der Waals surface area contributed by atoms with E-state index in [1.165, 1.54) is 11.8 Å². The highest BCUT2D eigenvalue weighted by Crippen LogP contribution is 2.09. The van der Waals surface area contributed by atoms with E-state index in [-0.39, 0.29) is 0 Å². The maximum absolute atomic E-state index is 5.47. The van der Waals surface area contributed by atoms with Gasteiger partial charge in [0.05, 0.1) is 0 Å². The Balaban J connectivity index is 3.04. The smallest absolute Gasteiger partial charge is 0.210 e. The molecule has 0 radical (unpaired) electrons. The van der Waals surface area contributed by atoms with Gasteiger partial charge in [-0.2, -0.15) is 0 Å². The lowest BCUT2D eigenvalue weighted by Crippen LogP contribution is -2.00. The number of nitrogens with two attached hydrogens (primary N) is 1. The first-order valence-corrected chi connectivity index (χ1v) is 3.97. The normalized spacial score (nSPS) is 9.80. The summed E-state index contributed by atoms with van der Waals surface area (Å²) in [6.07, 6.45) is 1.88. The van der Waals surface area contributed by atoms with Crippen LogP contribution in [0.2, 0.25) is 0 Å². The number of nitrogens with zero attached hydrogens (tertiary/aromatic N) is 3. The van der Waals surface area contributed by atoms with Crippen molar-refractivity contribution in [1.29, 1.82) is 0 Å². The Morgan fingerprint density at radius 2 is 2.10 bits per heavy atom. The summed E-state index contributed by atoms with van der Waals surface area (Å²) in [5, 5.41) is 8.18. The average Bonchev–Trinajstić information content (AvgIpc) is 1.95. The Labute approximate surface area is 63.3 Å². The van der Waals surface area contributed by atoms with Crippen LogP contribution in [-0.4, -0.2) is 21.4 Å². The molecule has 0 aliphatic heterocycles. The highest BCUT2D eigenvalue weighted by Gasteiger charge is 1.98. The van der Waals surface area contributed by atoms with E-state index in [1.54, 1.807) is 6.92 Å². The molecule has 1 aromatic rings. The molecule has 0 aliphatic rings. The molecule has 10 heavy (non-hydrogen) atoms. The van der Waals surface area contributed by atoms with Crippen molar-refractivity contribution < 1.29 is 0 Å². The third-order valence-corrected chi connectivity index (χ3v) is 1.59. The molecule has 0 saturated carbocycles. The summed E-state index contributed by atoms with van der Waals surface area (Å²) < 4.78 is 0. The van der Waals surface area contributed by atoms with Gasteiger partial charge in [-0.15, -0.1) is 10.2 Å². The summed E-state index contributed by atoms with van der Waals surface area (Å²) in [6.45, 7) is 1.78. The predicted molar refractivity (Wildman–Crippen MR) is 40.8 cm³/mol. The summed E-state index contributed by atoms with van der Waals surface area (Å²) in [5.74, 6) is 0.458. The molecule has 5 heteroatoms. The van der Waals surface area contributed by atoms with Crippen molar-refractivity contribution in [1.82, 2.24) is 15.2 Å². The molecular formula is C5H8N4S. The highest BCUT2D eigenvalue weighted by atomic mass is 32.2. The van der Waals surface area contributed by atoms with Crippen molar-refractivity contribution in [3.05, 3.63) is 5.69 Å². The number of anilines is 1. The first kappa shape index (κ1) is 7.27. The number of hydrogen-bond donors (Lipinski definition) is 1. The van der Waals surface area contributed by atoms with Gasteiger partial charge < -0.3 is 5.73 Å². The minimum atomic E-state index is 0.458. The highest BCUT2D eigenvalue weighted by molar-refractivity contribution is 7.98. The Hall–Kier alpha value is -0.840. The van der Waals surface area contributed by atoms with Gasteiger partial charge in [-0.05, 0) is 13.2 Å². The summed E-state index contributed by atoms with van der Waals surface area (Å²) in [7, 11) is 0. The SMILES string of the molecule is CSc1nnc(C)c(N)n1.